The fraction of sp³-hybridized carbons (Fsp3) is 0.714. The van der Waals surface area contributed by atoms with Gasteiger partial charge < -0.3 is 14.6 Å². The van der Waals surface area contributed by atoms with Gasteiger partial charge >= 0.3 is 11.9 Å². The van der Waals surface area contributed by atoms with Gasteiger partial charge in [-0.25, -0.2) is 4.79 Å². The van der Waals surface area contributed by atoms with Gasteiger partial charge in [0.1, 0.15) is 6.61 Å². The minimum atomic E-state index is -1.08. The lowest BCUT2D eigenvalue weighted by atomic mass is 9.98. The second kappa shape index (κ2) is 6.19. The van der Waals surface area contributed by atoms with Crippen molar-refractivity contribution >= 4 is 11.9 Å². The van der Waals surface area contributed by atoms with Gasteiger partial charge in [0.05, 0.1) is 6.61 Å². The summed E-state index contributed by atoms with van der Waals surface area (Å²) in [5.41, 5.74) is -0.489. The summed E-state index contributed by atoms with van der Waals surface area (Å²) in [4.78, 5) is 23.3. The summed E-state index contributed by atoms with van der Waals surface area (Å²) in [6.45, 7) is -0.394. The van der Waals surface area contributed by atoms with Gasteiger partial charge in [-0.05, 0) is 19.3 Å². The van der Waals surface area contributed by atoms with Crippen molar-refractivity contribution in [1.29, 1.82) is 0 Å². The highest BCUT2D eigenvalue weighted by atomic mass is 16.6. The molecule has 2 rings (SSSR count). The first-order valence-electron chi connectivity index (χ1n) is 6.84. The standard InChI is InChI=1S/C14H20O5/c15-9-14-8-11(13(17)19-14)6-4-2-1-3-5-7-12(16)18-10-14/h6,15H,1-5,7-10H2/b11-6+. The monoisotopic (exact) mass is 268 g/mol. The van der Waals surface area contributed by atoms with E-state index in [2.05, 4.69) is 0 Å². The molecule has 0 amide bonds. The molecule has 1 saturated heterocycles. The predicted octanol–water partition coefficient (Wildman–Crippen LogP) is 1.49. The van der Waals surface area contributed by atoms with Crippen molar-refractivity contribution in [2.24, 2.45) is 0 Å². The normalized spacial score (nSPS) is 32.2. The zero-order chi connectivity index (χ0) is 13.7. The molecule has 5 nitrogen and oxygen atoms in total. The minimum absolute atomic E-state index is 0.0641. The van der Waals surface area contributed by atoms with E-state index >= 15 is 0 Å². The fourth-order valence-electron chi connectivity index (χ4n) is 2.42. The Labute approximate surface area is 112 Å². The summed E-state index contributed by atoms with van der Waals surface area (Å²) in [7, 11) is 0. The van der Waals surface area contributed by atoms with Crippen molar-refractivity contribution in [3.8, 4) is 0 Å². The molecule has 2 aliphatic rings. The Balaban J connectivity index is 2.11. The number of allylic oxidation sites excluding steroid dienone is 1. The van der Waals surface area contributed by atoms with Crippen LogP contribution in [0, 0.1) is 0 Å². The van der Waals surface area contributed by atoms with Crippen LogP contribution in [-0.2, 0) is 19.1 Å². The summed E-state index contributed by atoms with van der Waals surface area (Å²) in [5, 5.41) is 9.44. The largest absolute Gasteiger partial charge is 0.461 e. The molecular weight excluding hydrogens is 248 g/mol. The van der Waals surface area contributed by atoms with Gasteiger partial charge in [0.2, 0.25) is 0 Å². The molecule has 1 fully saturated rings. The van der Waals surface area contributed by atoms with Gasteiger partial charge in [0, 0.05) is 18.4 Å². The molecule has 5 heteroatoms. The molecule has 1 N–H and O–H groups in total. The van der Waals surface area contributed by atoms with Crippen LogP contribution in [0.15, 0.2) is 11.6 Å². The molecule has 106 valence electrons. The maximum Gasteiger partial charge on any atom is 0.334 e. The van der Waals surface area contributed by atoms with Crippen molar-refractivity contribution in [3.05, 3.63) is 11.6 Å². The minimum Gasteiger partial charge on any atom is -0.461 e. The first-order valence-corrected chi connectivity index (χ1v) is 6.84. The van der Waals surface area contributed by atoms with Crippen LogP contribution in [0.4, 0.5) is 0 Å². The van der Waals surface area contributed by atoms with Crippen LogP contribution in [0.5, 0.6) is 0 Å². The molecule has 2 bridgehead atoms. The number of hydrogen-bond acceptors (Lipinski definition) is 5. The first-order chi connectivity index (χ1) is 9.15. The highest BCUT2D eigenvalue weighted by Crippen LogP contribution is 2.31. The number of esters is 2. The van der Waals surface area contributed by atoms with Crippen LogP contribution >= 0.6 is 0 Å². The number of fused-ring (bicyclic) bond motifs is 2. The Morgan fingerprint density at radius 3 is 2.79 bits per heavy atom. The molecule has 0 aliphatic carbocycles. The average Bonchev–Trinajstić information content (AvgIpc) is 2.73. The van der Waals surface area contributed by atoms with Crippen LogP contribution in [0.1, 0.15) is 44.9 Å². The summed E-state index contributed by atoms with van der Waals surface area (Å²) in [5.74, 6) is -0.692. The molecule has 0 saturated carbocycles. The SMILES string of the molecule is O=C1CCCCCC/C=C2\CC(CO)(CO1)OC2=O. The molecule has 19 heavy (non-hydrogen) atoms. The van der Waals surface area contributed by atoms with Crippen molar-refractivity contribution < 1.29 is 24.2 Å². The molecule has 0 aromatic heterocycles. The fourth-order valence-corrected chi connectivity index (χ4v) is 2.42. The molecule has 0 spiro atoms. The molecule has 0 radical (unpaired) electrons. The Bertz CT molecular complexity index is 387. The molecule has 1 atom stereocenters. The van der Waals surface area contributed by atoms with Crippen LogP contribution in [0.3, 0.4) is 0 Å². The lowest BCUT2D eigenvalue weighted by Crippen LogP contribution is -2.39. The number of aliphatic hydroxyl groups excluding tert-OH is 1. The number of cyclic esters (lactones) is 1. The third-order valence-electron chi connectivity index (χ3n) is 3.59. The van der Waals surface area contributed by atoms with E-state index in [9.17, 15) is 14.7 Å². The number of aliphatic hydroxyl groups is 1. The maximum atomic E-state index is 11.7. The van der Waals surface area contributed by atoms with Gasteiger partial charge in [-0.3, -0.25) is 4.79 Å². The van der Waals surface area contributed by atoms with E-state index in [1.807, 2.05) is 6.08 Å². The van der Waals surface area contributed by atoms with Crippen LogP contribution in [0.2, 0.25) is 0 Å². The van der Waals surface area contributed by atoms with Gasteiger partial charge in [-0.15, -0.1) is 0 Å². The van der Waals surface area contributed by atoms with E-state index in [4.69, 9.17) is 9.47 Å². The van der Waals surface area contributed by atoms with E-state index in [-0.39, 0.29) is 19.2 Å². The Morgan fingerprint density at radius 2 is 2.00 bits per heavy atom. The van der Waals surface area contributed by atoms with E-state index in [0.717, 1.165) is 32.1 Å². The molecular formula is C14H20O5. The number of hydrogen-bond donors (Lipinski definition) is 1. The zero-order valence-electron chi connectivity index (χ0n) is 11.0. The number of carbonyl (C=O) groups is 2. The molecule has 2 heterocycles. The molecule has 1 unspecified atom stereocenters. The van der Waals surface area contributed by atoms with E-state index in [1.165, 1.54) is 0 Å². The molecule has 0 aromatic carbocycles. The van der Waals surface area contributed by atoms with Crippen molar-refractivity contribution in [1.82, 2.24) is 0 Å². The second-order valence-electron chi connectivity index (χ2n) is 5.25. The lowest BCUT2D eigenvalue weighted by molar-refractivity contribution is -0.166. The average molecular weight is 268 g/mol. The predicted molar refractivity (Wildman–Crippen MR) is 67.3 cm³/mol. The van der Waals surface area contributed by atoms with Crippen LogP contribution in [0.25, 0.3) is 0 Å². The third kappa shape index (κ3) is 3.56. The lowest BCUT2D eigenvalue weighted by Gasteiger charge is -2.24. The Hall–Kier alpha value is -1.36. The maximum absolute atomic E-state index is 11.7. The second-order valence-corrected chi connectivity index (χ2v) is 5.25. The first kappa shape index (κ1) is 14.1. The van der Waals surface area contributed by atoms with Crippen molar-refractivity contribution in [3.63, 3.8) is 0 Å². The van der Waals surface area contributed by atoms with Gasteiger partial charge in [-0.2, -0.15) is 0 Å². The topological polar surface area (TPSA) is 72.8 Å². The summed E-state index contributed by atoms with van der Waals surface area (Å²) >= 11 is 0. The third-order valence-corrected chi connectivity index (χ3v) is 3.59. The Kier molecular flexibility index (Phi) is 4.58. The van der Waals surface area contributed by atoms with Crippen molar-refractivity contribution in [2.45, 2.75) is 50.5 Å². The van der Waals surface area contributed by atoms with E-state index in [1.54, 1.807) is 0 Å². The summed E-state index contributed by atoms with van der Waals surface area (Å²) in [6, 6.07) is 0. The Morgan fingerprint density at radius 1 is 1.21 bits per heavy atom. The van der Waals surface area contributed by atoms with E-state index < -0.39 is 11.6 Å². The number of rotatable bonds is 1. The summed E-state index contributed by atoms with van der Waals surface area (Å²) < 4.78 is 10.3. The highest BCUT2D eigenvalue weighted by molar-refractivity contribution is 5.91. The van der Waals surface area contributed by atoms with Crippen LogP contribution in [-0.4, -0.2) is 35.9 Å². The smallest absolute Gasteiger partial charge is 0.334 e. The quantitative estimate of drug-likeness (QED) is 0.729. The van der Waals surface area contributed by atoms with Crippen LogP contribution < -0.4 is 0 Å². The van der Waals surface area contributed by atoms with Gasteiger partial charge in [0.15, 0.2) is 5.60 Å². The summed E-state index contributed by atoms with van der Waals surface area (Å²) in [6.07, 6.45) is 7.27. The van der Waals surface area contributed by atoms with Crippen molar-refractivity contribution in [2.75, 3.05) is 13.2 Å². The highest BCUT2D eigenvalue weighted by Gasteiger charge is 2.44. The van der Waals surface area contributed by atoms with E-state index in [0.29, 0.717) is 18.4 Å². The van der Waals surface area contributed by atoms with Gasteiger partial charge in [-0.1, -0.05) is 18.9 Å². The van der Waals surface area contributed by atoms with Gasteiger partial charge in [0.25, 0.3) is 0 Å². The number of carbonyl (C=O) groups excluding carboxylic acids is 2. The molecule has 2 aliphatic heterocycles. The zero-order valence-corrected chi connectivity index (χ0v) is 11.0. The number of ether oxygens (including phenoxy) is 2. The molecule has 0 aromatic rings.